The third kappa shape index (κ3) is 3.54. The number of aliphatic hydroxyl groups is 2. The van der Waals surface area contributed by atoms with Crippen molar-refractivity contribution in [2.45, 2.75) is 56.9 Å². The smallest absolute Gasteiger partial charge is 0.306 e. The lowest BCUT2D eigenvalue weighted by atomic mass is 10.1. The molecule has 0 aromatic carbocycles. The van der Waals surface area contributed by atoms with Gasteiger partial charge in [-0.15, -0.1) is 0 Å². The Kier molecular flexibility index (Phi) is 4.25. The van der Waals surface area contributed by atoms with Crippen molar-refractivity contribution in [1.82, 2.24) is 0 Å². The van der Waals surface area contributed by atoms with Gasteiger partial charge in [-0.25, -0.2) is 0 Å². The highest BCUT2D eigenvalue weighted by Crippen LogP contribution is 2.31. The predicted octanol–water partition coefficient (Wildman–Crippen LogP) is 0.121. The van der Waals surface area contributed by atoms with Crippen LogP contribution in [0.3, 0.4) is 0 Å². The number of carbonyl (C=O) groups excluding carboxylic acids is 1. The summed E-state index contributed by atoms with van der Waals surface area (Å²) in [7, 11) is 0. The van der Waals surface area contributed by atoms with Crippen molar-refractivity contribution in [1.29, 1.82) is 0 Å². The zero-order valence-corrected chi connectivity index (χ0v) is 11.1. The van der Waals surface area contributed by atoms with Crippen molar-refractivity contribution >= 4 is 5.97 Å². The van der Waals surface area contributed by atoms with Crippen LogP contribution < -0.4 is 0 Å². The summed E-state index contributed by atoms with van der Waals surface area (Å²) in [5, 5.41) is 18.7. The van der Waals surface area contributed by atoms with Gasteiger partial charge >= 0.3 is 5.97 Å². The van der Waals surface area contributed by atoms with Crippen LogP contribution >= 0.6 is 0 Å². The van der Waals surface area contributed by atoms with E-state index in [2.05, 4.69) is 0 Å². The number of cyclic esters (lactones) is 1. The summed E-state index contributed by atoms with van der Waals surface area (Å²) in [6.07, 6.45) is 2.18. The summed E-state index contributed by atoms with van der Waals surface area (Å²) in [6, 6.07) is 0. The van der Waals surface area contributed by atoms with Crippen LogP contribution in [0.4, 0.5) is 0 Å². The van der Waals surface area contributed by atoms with Gasteiger partial charge in [0.1, 0.15) is 24.4 Å². The van der Waals surface area contributed by atoms with Gasteiger partial charge < -0.3 is 24.4 Å². The summed E-state index contributed by atoms with van der Waals surface area (Å²) in [5.74, 6) is -1.02. The molecular formula is C13H20O6. The molecule has 4 atom stereocenters. The van der Waals surface area contributed by atoms with Crippen molar-refractivity contribution in [2.75, 3.05) is 6.61 Å². The van der Waals surface area contributed by atoms with E-state index in [0.29, 0.717) is 12.8 Å². The maximum atomic E-state index is 11.0. The number of aliphatic hydroxyl groups excluding tert-OH is 2. The molecule has 0 amide bonds. The topological polar surface area (TPSA) is 85.2 Å². The van der Waals surface area contributed by atoms with Gasteiger partial charge in [0.25, 0.3) is 0 Å². The van der Waals surface area contributed by atoms with E-state index < -0.39 is 30.7 Å². The third-order valence-corrected chi connectivity index (χ3v) is 3.16. The number of rotatable bonds is 4. The van der Waals surface area contributed by atoms with Crippen molar-refractivity contribution < 1.29 is 29.2 Å². The molecule has 0 aromatic rings. The number of carbonyl (C=O) groups is 1. The van der Waals surface area contributed by atoms with E-state index in [9.17, 15) is 9.90 Å². The van der Waals surface area contributed by atoms with E-state index >= 15 is 0 Å². The van der Waals surface area contributed by atoms with Gasteiger partial charge in [0, 0.05) is 6.42 Å². The van der Waals surface area contributed by atoms with Crippen LogP contribution in [0.15, 0.2) is 12.2 Å². The Balaban J connectivity index is 2.00. The molecule has 2 rings (SSSR count). The molecule has 6 heteroatoms. The van der Waals surface area contributed by atoms with Crippen LogP contribution in [0.25, 0.3) is 0 Å². The molecule has 0 bridgehead atoms. The Morgan fingerprint density at radius 1 is 1.42 bits per heavy atom. The van der Waals surface area contributed by atoms with E-state index in [1.54, 1.807) is 26.0 Å². The zero-order chi connectivity index (χ0) is 14.0. The lowest BCUT2D eigenvalue weighted by Gasteiger charge is -2.19. The molecule has 2 saturated heterocycles. The van der Waals surface area contributed by atoms with Crippen LogP contribution in [-0.4, -0.2) is 53.0 Å². The Bertz CT molecular complexity index is 364. The summed E-state index contributed by atoms with van der Waals surface area (Å²) >= 11 is 0. The van der Waals surface area contributed by atoms with Gasteiger partial charge in [-0.2, -0.15) is 0 Å². The Morgan fingerprint density at radius 3 is 2.74 bits per heavy atom. The maximum Gasteiger partial charge on any atom is 0.306 e. The molecule has 0 aliphatic carbocycles. The fourth-order valence-corrected chi connectivity index (χ4v) is 2.28. The Labute approximate surface area is 112 Å². The second-order valence-electron chi connectivity index (χ2n) is 5.27. The van der Waals surface area contributed by atoms with Crippen LogP contribution in [0.1, 0.15) is 26.7 Å². The summed E-state index contributed by atoms with van der Waals surface area (Å²) < 4.78 is 16.3. The fourth-order valence-electron chi connectivity index (χ4n) is 2.28. The van der Waals surface area contributed by atoms with E-state index in [0.717, 1.165) is 0 Å². The minimum atomic E-state index is -1.01. The normalized spacial score (nSPS) is 35.8. The number of esters is 1. The minimum Gasteiger partial charge on any atom is -0.458 e. The molecule has 1 unspecified atom stereocenters. The average molecular weight is 272 g/mol. The lowest BCUT2D eigenvalue weighted by molar-refractivity contribution is -0.155. The first-order valence-corrected chi connectivity index (χ1v) is 6.43. The molecule has 2 heterocycles. The second-order valence-corrected chi connectivity index (χ2v) is 5.27. The second kappa shape index (κ2) is 5.58. The van der Waals surface area contributed by atoms with Gasteiger partial charge in [0.2, 0.25) is 0 Å². The molecule has 2 fully saturated rings. The molecular weight excluding hydrogens is 252 g/mol. The molecule has 2 aliphatic heterocycles. The zero-order valence-electron chi connectivity index (χ0n) is 11.1. The molecule has 19 heavy (non-hydrogen) atoms. The molecule has 2 N–H and O–H groups in total. The van der Waals surface area contributed by atoms with E-state index in [4.69, 9.17) is 19.3 Å². The highest BCUT2D eigenvalue weighted by molar-refractivity contribution is 5.71. The van der Waals surface area contributed by atoms with Gasteiger partial charge in [-0.3, -0.25) is 4.79 Å². The SMILES string of the molecule is CC1(C)O[C@H]([C@H](O)CO)[C@@H](/C=C/C2CCC(=O)O2)O1. The van der Waals surface area contributed by atoms with Crippen molar-refractivity contribution in [3.05, 3.63) is 12.2 Å². The minimum absolute atomic E-state index is 0.203. The summed E-state index contributed by atoms with van der Waals surface area (Å²) in [6.45, 7) is 3.09. The van der Waals surface area contributed by atoms with E-state index in [-0.39, 0.29) is 12.1 Å². The molecule has 2 aliphatic rings. The molecule has 108 valence electrons. The number of ether oxygens (including phenoxy) is 3. The predicted molar refractivity (Wildman–Crippen MR) is 65.2 cm³/mol. The monoisotopic (exact) mass is 272 g/mol. The van der Waals surface area contributed by atoms with Crippen molar-refractivity contribution in [3.63, 3.8) is 0 Å². The molecule has 0 aromatic heterocycles. The highest BCUT2D eigenvalue weighted by Gasteiger charge is 2.43. The standard InChI is InChI=1S/C13H20O6/c1-13(2)18-10(12(19-13)9(15)7-14)5-3-8-4-6-11(16)17-8/h3,5,8-10,12,14-15H,4,6-7H2,1-2H3/b5-3+/t8?,9-,10-,12-/m1/s1. The van der Waals surface area contributed by atoms with Crippen LogP contribution in [0.5, 0.6) is 0 Å². The number of hydrogen-bond donors (Lipinski definition) is 2. The molecule has 0 saturated carbocycles. The third-order valence-electron chi connectivity index (χ3n) is 3.16. The van der Waals surface area contributed by atoms with Crippen LogP contribution in [-0.2, 0) is 19.0 Å². The van der Waals surface area contributed by atoms with Crippen molar-refractivity contribution in [2.24, 2.45) is 0 Å². The van der Waals surface area contributed by atoms with Gasteiger partial charge in [-0.05, 0) is 26.3 Å². The van der Waals surface area contributed by atoms with E-state index in [1.807, 2.05) is 0 Å². The fraction of sp³-hybridized carbons (Fsp3) is 0.769. The van der Waals surface area contributed by atoms with Gasteiger partial charge in [-0.1, -0.05) is 6.08 Å². The molecule has 6 nitrogen and oxygen atoms in total. The molecule has 0 spiro atoms. The molecule has 0 radical (unpaired) electrons. The Morgan fingerprint density at radius 2 is 2.16 bits per heavy atom. The summed E-state index contributed by atoms with van der Waals surface area (Å²) in [4.78, 5) is 11.0. The quantitative estimate of drug-likeness (QED) is 0.558. The first kappa shape index (κ1) is 14.5. The maximum absolute atomic E-state index is 11.0. The largest absolute Gasteiger partial charge is 0.458 e. The Hall–Kier alpha value is -0.950. The van der Waals surface area contributed by atoms with Crippen LogP contribution in [0, 0.1) is 0 Å². The van der Waals surface area contributed by atoms with Gasteiger partial charge in [0.15, 0.2) is 5.79 Å². The summed E-state index contributed by atoms with van der Waals surface area (Å²) in [5.41, 5.74) is 0. The van der Waals surface area contributed by atoms with E-state index in [1.165, 1.54) is 0 Å². The van der Waals surface area contributed by atoms with Crippen molar-refractivity contribution in [3.8, 4) is 0 Å². The first-order chi connectivity index (χ1) is 8.91. The highest BCUT2D eigenvalue weighted by atomic mass is 16.8. The lowest BCUT2D eigenvalue weighted by Crippen LogP contribution is -2.37. The van der Waals surface area contributed by atoms with Gasteiger partial charge in [0.05, 0.1) is 6.61 Å². The van der Waals surface area contributed by atoms with Crippen LogP contribution in [0.2, 0.25) is 0 Å². The average Bonchev–Trinajstić information content (AvgIpc) is 2.89. The number of hydrogen-bond acceptors (Lipinski definition) is 6. The first-order valence-electron chi connectivity index (χ1n) is 6.43.